The van der Waals surface area contributed by atoms with Crippen molar-refractivity contribution < 1.29 is 19.1 Å². The number of nitrogens with zero attached hydrogens (tertiary/aromatic N) is 2. The van der Waals surface area contributed by atoms with Gasteiger partial charge in [-0.3, -0.25) is 14.5 Å². The third kappa shape index (κ3) is 4.43. The zero-order valence-electron chi connectivity index (χ0n) is 16.8. The summed E-state index contributed by atoms with van der Waals surface area (Å²) in [5, 5.41) is 3.24. The number of amides is 2. The van der Waals surface area contributed by atoms with E-state index >= 15 is 0 Å². The van der Waals surface area contributed by atoms with Crippen LogP contribution in [0.4, 0.5) is 11.4 Å². The van der Waals surface area contributed by atoms with Crippen LogP contribution in [0.2, 0.25) is 5.02 Å². The third-order valence-electron chi connectivity index (χ3n) is 5.29. The Balaban J connectivity index is 1.54. The average molecular weight is 430 g/mol. The summed E-state index contributed by atoms with van der Waals surface area (Å²) < 4.78 is 11.2. The Morgan fingerprint density at radius 3 is 2.70 bits per heavy atom. The molecule has 7 nitrogen and oxygen atoms in total. The molecular formula is C22H24ClN3O4. The maximum atomic E-state index is 12.8. The van der Waals surface area contributed by atoms with Gasteiger partial charge in [-0.15, -0.1) is 0 Å². The second kappa shape index (κ2) is 9.04. The van der Waals surface area contributed by atoms with Crippen LogP contribution in [0.25, 0.3) is 0 Å². The second-order valence-electron chi connectivity index (χ2n) is 7.32. The Hall–Kier alpha value is -2.61. The fourth-order valence-corrected chi connectivity index (χ4v) is 3.85. The number of halogens is 1. The number of ether oxygens (including phenoxy) is 2. The van der Waals surface area contributed by atoms with Gasteiger partial charge in [-0.05, 0) is 37.3 Å². The highest BCUT2D eigenvalue weighted by Crippen LogP contribution is 2.36. The van der Waals surface area contributed by atoms with E-state index in [0.717, 1.165) is 19.6 Å². The number of carbonyl (C=O) groups excluding carboxylic acids is 2. The van der Waals surface area contributed by atoms with Gasteiger partial charge in [0, 0.05) is 31.9 Å². The van der Waals surface area contributed by atoms with Crippen molar-refractivity contribution in [2.45, 2.75) is 13.0 Å². The summed E-state index contributed by atoms with van der Waals surface area (Å²) >= 11 is 6.13. The molecule has 2 aliphatic rings. The van der Waals surface area contributed by atoms with Gasteiger partial charge < -0.3 is 19.7 Å². The van der Waals surface area contributed by atoms with Crippen molar-refractivity contribution in [2.75, 3.05) is 49.6 Å². The van der Waals surface area contributed by atoms with E-state index in [1.54, 1.807) is 54.3 Å². The van der Waals surface area contributed by atoms with Crippen LogP contribution in [0.5, 0.6) is 5.75 Å². The maximum absolute atomic E-state index is 12.8. The Labute approximate surface area is 180 Å². The van der Waals surface area contributed by atoms with Gasteiger partial charge in [-0.2, -0.15) is 0 Å². The molecule has 1 saturated heterocycles. The predicted molar refractivity (Wildman–Crippen MR) is 116 cm³/mol. The lowest BCUT2D eigenvalue weighted by Crippen LogP contribution is -2.48. The predicted octanol–water partition coefficient (Wildman–Crippen LogP) is 3.04. The minimum Gasteiger partial charge on any atom is -0.479 e. The fraction of sp³-hybridized carbons (Fsp3) is 0.364. The number of fused-ring (bicyclic) bond motifs is 1. The zero-order valence-corrected chi connectivity index (χ0v) is 17.5. The monoisotopic (exact) mass is 429 g/mol. The van der Waals surface area contributed by atoms with Crippen LogP contribution in [0, 0.1) is 0 Å². The molecule has 158 valence electrons. The van der Waals surface area contributed by atoms with Crippen molar-refractivity contribution in [2.24, 2.45) is 0 Å². The van der Waals surface area contributed by atoms with Gasteiger partial charge in [0.05, 0.1) is 29.5 Å². The molecule has 30 heavy (non-hydrogen) atoms. The first-order valence-electron chi connectivity index (χ1n) is 10.0. The van der Waals surface area contributed by atoms with Crippen molar-refractivity contribution in [1.82, 2.24) is 4.90 Å². The molecule has 1 atom stereocenters. The van der Waals surface area contributed by atoms with E-state index in [2.05, 4.69) is 10.2 Å². The normalized spacial score (nSPS) is 19.2. The number of hydrogen-bond acceptors (Lipinski definition) is 5. The van der Waals surface area contributed by atoms with E-state index in [1.807, 2.05) is 0 Å². The number of morpholine rings is 1. The van der Waals surface area contributed by atoms with Gasteiger partial charge in [-0.25, -0.2) is 0 Å². The molecule has 0 spiro atoms. The lowest BCUT2D eigenvalue weighted by atomic mass is 10.1. The Morgan fingerprint density at radius 1 is 1.17 bits per heavy atom. The quantitative estimate of drug-likeness (QED) is 0.791. The highest BCUT2D eigenvalue weighted by molar-refractivity contribution is 6.34. The van der Waals surface area contributed by atoms with Crippen LogP contribution in [0.3, 0.4) is 0 Å². The molecule has 0 saturated carbocycles. The summed E-state index contributed by atoms with van der Waals surface area (Å²) in [5.74, 6) is 0.224. The molecule has 4 rings (SSSR count). The van der Waals surface area contributed by atoms with Crippen molar-refractivity contribution in [3.05, 3.63) is 53.1 Å². The van der Waals surface area contributed by atoms with Gasteiger partial charge in [0.15, 0.2) is 6.10 Å². The van der Waals surface area contributed by atoms with Crippen LogP contribution in [0.1, 0.15) is 17.3 Å². The molecule has 1 unspecified atom stereocenters. The van der Waals surface area contributed by atoms with Crippen LogP contribution in [-0.2, 0) is 9.53 Å². The lowest BCUT2D eigenvalue weighted by Gasteiger charge is -2.35. The Kier molecular flexibility index (Phi) is 6.22. The Bertz CT molecular complexity index is 946. The first-order chi connectivity index (χ1) is 14.5. The van der Waals surface area contributed by atoms with Gasteiger partial charge in [0.2, 0.25) is 0 Å². The highest BCUT2D eigenvalue weighted by Gasteiger charge is 2.32. The summed E-state index contributed by atoms with van der Waals surface area (Å²) in [6.07, 6.45) is -0.550. The first-order valence-corrected chi connectivity index (χ1v) is 10.4. The average Bonchev–Trinajstić information content (AvgIpc) is 2.75. The van der Waals surface area contributed by atoms with Gasteiger partial charge in [0.1, 0.15) is 5.75 Å². The van der Waals surface area contributed by atoms with Crippen molar-refractivity contribution in [3.63, 3.8) is 0 Å². The summed E-state index contributed by atoms with van der Waals surface area (Å²) in [4.78, 5) is 29.4. The maximum Gasteiger partial charge on any atom is 0.267 e. The van der Waals surface area contributed by atoms with E-state index < -0.39 is 6.10 Å². The van der Waals surface area contributed by atoms with Crippen LogP contribution in [-0.4, -0.2) is 62.2 Å². The van der Waals surface area contributed by atoms with E-state index in [-0.39, 0.29) is 11.8 Å². The summed E-state index contributed by atoms with van der Waals surface area (Å²) in [6, 6.07) is 12.2. The molecule has 8 heteroatoms. The first kappa shape index (κ1) is 20.7. The van der Waals surface area contributed by atoms with Crippen LogP contribution < -0.4 is 15.0 Å². The molecule has 1 fully saturated rings. The molecule has 2 aliphatic heterocycles. The molecular weight excluding hydrogens is 406 g/mol. The van der Waals surface area contributed by atoms with Gasteiger partial charge in [0.25, 0.3) is 11.8 Å². The summed E-state index contributed by atoms with van der Waals surface area (Å²) in [7, 11) is 0. The number of nitrogens with one attached hydrogen (secondary N) is 1. The molecule has 0 aromatic heterocycles. The molecule has 0 radical (unpaired) electrons. The number of carbonyl (C=O) groups is 2. The number of hydrogen-bond donors (Lipinski definition) is 1. The molecule has 2 amide bonds. The smallest absolute Gasteiger partial charge is 0.267 e. The molecule has 0 aliphatic carbocycles. The van der Waals surface area contributed by atoms with Gasteiger partial charge in [-0.1, -0.05) is 23.7 Å². The molecule has 2 aromatic rings. The molecule has 0 bridgehead atoms. The lowest BCUT2D eigenvalue weighted by molar-refractivity contribution is -0.125. The van der Waals surface area contributed by atoms with E-state index in [9.17, 15) is 9.59 Å². The largest absolute Gasteiger partial charge is 0.479 e. The van der Waals surface area contributed by atoms with Crippen molar-refractivity contribution in [3.8, 4) is 5.75 Å². The highest BCUT2D eigenvalue weighted by atomic mass is 35.5. The van der Waals surface area contributed by atoms with E-state index in [1.165, 1.54) is 0 Å². The molecule has 1 N–H and O–H groups in total. The minimum absolute atomic E-state index is 0.0923. The number of rotatable bonds is 5. The summed E-state index contributed by atoms with van der Waals surface area (Å²) in [5.41, 5.74) is 1.62. The topological polar surface area (TPSA) is 71.1 Å². The molecule has 2 aromatic carbocycles. The third-order valence-corrected chi connectivity index (χ3v) is 5.62. The molecule has 2 heterocycles. The van der Waals surface area contributed by atoms with Gasteiger partial charge >= 0.3 is 0 Å². The number of anilines is 2. The van der Waals surface area contributed by atoms with E-state index in [4.69, 9.17) is 21.1 Å². The van der Waals surface area contributed by atoms with Crippen molar-refractivity contribution >= 4 is 34.8 Å². The standard InChI is InChI=1S/C22H24ClN3O4/c1-15-22(28)26(9-8-25-10-12-29-13-11-25)19-14-16(6-7-20(19)30-15)24-21(27)17-4-2-3-5-18(17)23/h2-7,14-15H,8-13H2,1H3,(H,24,27). The minimum atomic E-state index is -0.550. The Morgan fingerprint density at radius 2 is 1.93 bits per heavy atom. The summed E-state index contributed by atoms with van der Waals surface area (Å²) in [6.45, 7) is 6.17. The SMILES string of the molecule is CC1Oc2ccc(NC(=O)c3ccccc3Cl)cc2N(CCN2CCOCC2)C1=O. The van der Waals surface area contributed by atoms with Crippen LogP contribution >= 0.6 is 11.6 Å². The second-order valence-corrected chi connectivity index (χ2v) is 7.73. The van der Waals surface area contributed by atoms with E-state index in [0.29, 0.717) is 47.5 Å². The van der Waals surface area contributed by atoms with Crippen LogP contribution in [0.15, 0.2) is 42.5 Å². The fourth-order valence-electron chi connectivity index (χ4n) is 3.63. The van der Waals surface area contributed by atoms with Crippen molar-refractivity contribution in [1.29, 1.82) is 0 Å². The number of benzene rings is 2. The zero-order chi connectivity index (χ0) is 21.1.